The monoisotopic (exact) mass is 318 g/mol. The second kappa shape index (κ2) is 7.04. The van der Waals surface area contributed by atoms with Crippen molar-refractivity contribution in [1.82, 2.24) is 19.4 Å². The van der Waals surface area contributed by atoms with Crippen LogP contribution in [-0.2, 0) is 11.3 Å². The second-order valence-corrected chi connectivity index (χ2v) is 7.31. The molecule has 5 nitrogen and oxygen atoms in total. The molecule has 5 heteroatoms. The fourth-order valence-electron chi connectivity index (χ4n) is 4.33. The maximum Gasteiger partial charge on any atom is 0.222 e. The van der Waals surface area contributed by atoms with Crippen molar-refractivity contribution >= 4 is 5.91 Å². The van der Waals surface area contributed by atoms with Crippen LogP contribution in [0.1, 0.15) is 44.9 Å². The lowest BCUT2D eigenvalue weighted by Crippen LogP contribution is -2.54. The molecule has 1 aromatic heterocycles. The van der Waals surface area contributed by atoms with Crippen molar-refractivity contribution in [3.63, 3.8) is 0 Å². The molecule has 0 aliphatic carbocycles. The van der Waals surface area contributed by atoms with Crippen LogP contribution in [0.5, 0.6) is 0 Å². The normalized spacial score (nSPS) is 26.2. The summed E-state index contributed by atoms with van der Waals surface area (Å²) in [5, 5.41) is 0. The predicted octanol–water partition coefficient (Wildman–Crippen LogP) is 2.31. The largest absolute Gasteiger partial charge is 0.342 e. The number of piperidine rings is 2. The molecule has 0 bridgehead atoms. The number of hydrogen-bond donors (Lipinski definition) is 0. The Bertz CT molecular complexity index is 541. The van der Waals surface area contributed by atoms with E-state index < -0.39 is 0 Å². The molecule has 1 spiro atoms. The van der Waals surface area contributed by atoms with Crippen LogP contribution in [0.25, 0.3) is 0 Å². The van der Waals surface area contributed by atoms with Gasteiger partial charge in [-0.3, -0.25) is 4.79 Å². The van der Waals surface area contributed by atoms with Gasteiger partial charge in [-0.25, -0.2) is 4.98 Å². The van der Waals surface area contributed by atoms with Crippen molar-refractivity contribution in [3.05, 3.63) is 18.2 Å². The summed E-state index contributed by atoms with van der Waals surface area (Å²) in [7, 11) is 0. The molecule has 0 saturated carbocycles. The zero-order chi connectivity index (χ0) is 16.3. The number of hydrogen-bond acceptors (Lipinski definition) is 3. The quantitative estimate of drug-likeness (QED) is 0.836. The molecule has 2 aliphatic heterocycles. The van der Waals surface area contributed by atoms with Gasteiger partial charge in [0.1, 0.15) is 5.82 Å². The highest BCUT2D eigenvalue weighted by molar-refractivity contribution is 5.77. The number of carbonyl (C=O) groups is 1. The Morgan fingerprint density at radius 1 is 1.26 bits per heavy atom. The third kappa shape index (κ3) is 3.77. The fourth-order valence-corrected chi connectivity index (χ4v) is 4.33. The van der Waals surface area contributed by atoms with E-state index in [4.69, 9.17) is 0 Å². The van der Waals surface area contributed by atoms with Crippen LogP contribution in [0.2, 0.25) is 0 Å². The van der Waals surface area contributed by atoms with E-state index in [1.165, 1.54) is 32.4 Å². The lowest BCUT2D eigenvalue weighted by Gasteiger charge is -2.48. The zero-order valence-electron chi connectivity index (χ0n) is 14.6. The third-order valence-electron chi connectivity index (χ3n) is 5.67. The van der Waals surface area contributed by atoms with Gasteiger partial charge in [0.2, 0.25) is 5.91 Å². The first-order valence-electron chi connectivity index (χ1n) is 9.10. The van der Waals surface area contributed by atoms with E-state index >= 15 is 0 Å². The molecular weight excluding hydrogens is 288 g/mol. The minimum atomic E-state index is 0.353. The predicted molar refractivity (Wildman–Crippen MR) is 91.2 cm³/mol. The van der Waals surface area contributed by atoms with E-state index in [9.17, 15) is 4.79 Å². The highest BCUT2D eigenvalue weighted by Crippen LogP contribution is 2.38. The van der Waals surface area contributed by atoms with Crippen LogP contribution in [0.3, 0.4) is 0 Å². The number of aryl methyl sites for hydroxylation is 2. The topological polar surface area (TPSA) is 41.4 Å². The molecule has 2 fully saturated rings. The molecule has 3 rings (SSSR count). The van der Waals surface area contributed by atoms with Crippen molar-refractivity contribution in [2.45, 2.75) is 52.5 Å². The van der Waals surface area contributed by atoms with E-state index in [1.807, 2.05) is 6.20 Å². The van der Waals surface area contributed by atoms with Gasteiger partial charge in [0, 0.05) is 50.4 Å². The van der Waals surface area contributed by atoms with Gasteiger partial charge in [-0.1, -0.05) is 0 Å². The van der Waals surface area contributed by atoms with Gasteiger partial charge in [-0.15, -0.1) is 0 Å². The van der Waals surface area contributed by atoms with Crippen LogP contribution in [-0.4, -0.2) is 58.0 Å². The zero-order valence-corrected chi connectivity index (χ0v) is 14.6. The molecule has 0 N–H and O–H groups in total. The van der Waals surface area contributed by atoms with E-state index in [0.29, 0.717) is 11.3 Å². The van der Waals surface area contributed by atoms with Crippen molar-refractivity contribution in [2.75, 3.05) is 32.7 Å². The Labute approximate surface area is 139 Å². The van der Waals surface area contributed by atoms with E-state index in [1.54, 1.807) is 0 Å². The number of aromatic nitrogens is 2. The summed E-state index contributed by atoms with van der Waals surface area (Å²) in [4.78, 5) is 21.0. The molecule has 3 heterocycles. The Kier molecular flexibility index (Phi) is 5.05. The SMILES string of the molecule is CCN1C[C@]2(CCCN(CCCn3ccnc3C)C2)CCC1=O. The Hall–Kier alpha value is -1.36. The van der Waals surface area contributed by atoms with Crippen molar-refractivity contribution in [2.24, 2.45) is 5.41 Å². The van der Waals surface area contributed by atoms with Gasteiger partial charge < -0.3 is 14.4 Å². The number of likely N-dealkylation sites (tertiary alicyclic amines) is 2. The van der Waals surface area contributed by atoms with E-state index in [-0.39, 0.29) is 0 Å². The molecule has 23 heavy (non-hydrogen) atoms. The minimum Gasteiger partial charge on any atom is -0.342 e. The summed E-state index contributed by atoms with van der Waals surface area (Å²) in [6.45, 7) is 10.6. The number of carbonyl (C=O) groups excluding carboxylic acids is 1. The summed E-state index contributed by atoms with van der Waals surface area (Å²) in [5.74, 6) is 1.45. The van der Waals surface area contributed by atoms with Crippen LogP contribution < -0.4 is 0 Å². The molecule has 1 aromatic rings. The molecule has 0 unspecified atom stereocenters. The number of imidazole rings is 1. The van der Waals surface area contributed by atoms with E-state index in [2.05, 4.69) is 39.4 Å². The van der Waals surface area contributed by atoms with Gasteiger partial charge in [0.15, 0.2) is 0 Å². The van der Waals surface area contributed by atoms with E-state index in [0.717, 1.165) is 44.8 Å². The molecule has 0 aromatic carbocycles. The highest BCUT2D eigenvalue weighted by atomic mass is 16.2. The van der Waals surface area contributed by atoms with Crippen LogP contribution >= 0.6 is 0 Å². The number of rotatable bonds is 5. The van der Waals surface area contributed by atoms with Gasteiger partial charge in [-0.2, -0.15) is 0 Å². The van der Waals surface area contributed by atoms with Gasteiger partial charge >= 0.3 is 0 Å². The molecular formula is C18H30N4O. The minimum absolute atomic E-state index is 0.353. The lowest BCUT2D eigenvalue weighted by atomic mass is 9.73. The summed E-state index contributed by atoms with van der Waals surface area (Å²) in [6.07, 6.45) is 9.51. The average molecular weight is 318 g/mol. The fraction of sp³-hybridized carbons (Fsp3) is 0.778. The van der Waals surface area contributed by atoms with Crippen molar-refractivity contribution < 1.29 is 4.79 Å². The van der Waals surface area contributed by atoms with Crippen LogP contribution in [0.15, 0.2) is 12.4 Å². The Morgan fingerprint density at radius 2 is 2.13 bits per heavy atom. The summed E-state index contributed by atoms with van der Waals surface area (Å²) < 4.78 is 2.23. The van der Waals surface area contributed by atoms with Gasteiger partial charge in [0.25, 0.3) is 0 Å². The highest BCUT2D eigenvalue weighted by Gasteiger charge is 2.40. The molecule has 1 atom stereocenters. The standard InChI is InChI=1S/C18H30N4O/c1-3-21-15-18(8-6-17(21)23)7-4-10-20(14-18)11-5-12-22-13-9-19-16(22)2/h9,13H,3-8,10-12,14-15H2,1-2H3/t18-/m1/s1. The first-order valence-corrected chi connectivity index (χ1v) is 9.10. The average Bonchev–Trinajstić information content (AvgIpc) is 2.96. The summed E-state index contributed by atoms with van der Waals surface area (Å²) in [6, 6.07) is 0. The number of amides is 1. The maximum atomic E-state index is 12.0. The lowest BCUT2D eigenvalue weighted by molar-refractivity contribution is -0.139. The third-order valence-corrected chi connectivity index (χ3v) is 5.67. The molecule has 1 amide bonds. The first kappa shape index (κ1) is 16.5. The van der Waals surface area contributed by atoms with Crippen molar-refractivity contribution in [3.8, 4) is 0 Å². The summed E-state index contributed by atoms with van der Waals surface area (Å²) >= 11 is 0. The first-order chi connectivity index (χ1) is 11.1. The van der Waals surface area contributed by atoms with Crippen LogP contribution in [0.4, 0.5) is 0 Å². The smallest absolute Gasteiger partial charge is 0.222 e. The van der Waals surface area contributed by atoms with Gasteiger partial charge in [0.05, 0.1) is 0 Å². The van der Waals surface area contributed by atoms with Crippen molar-refractivity contribution in [1.29, 1.82) is 0 Å². The maximum absolute atomic E-state index is 12.0. The molecule has 0 radical (unpaired) electrons. The Morgan fingerprint density at radius 3 is 2.87 bits per heavy atom. The van der Waals surface area contributed by atoms with Crippen LogP contribution in [0, 0.1) is 12.3 Å². The molecule has 128 valence electrons. The Balaban J connectivity index is 1.52. The molecule has 2 saturated heterocycles. The number of nitrogens with zero attached hydrogens (tertiary/aromatic N) is 4. The second-order valence-electron chi connectivity index (χ2n) is 7.31. The van der Waals surface area contributed by atoms with Gasteiger partial charge in [-0.05, 0) is 52.6 Å². The summed E-state index contributed by atoms with van der Waals surface area (Å²) in [5.41, 5.74) is 0.354. The molecule has 2 aliphatic rings.